The fourth-order valence-electron chi connectivity index (χ4n) is 2.60. The van der Waals surface area contributed by atoms with Crippen LogP contribution < -0.4 is 0 Å². The van der Waals surface area contributed by atoms with Crippen LogP contribution in [0.5, 0.6) is 0 Å². The number of carbonyl (C=O) groups is 2. The van der Waals surface area contributed by atoms with Crippen molar-refractivity contribution in [3.8, 4) is 0 Å². The first-order chi connectivity index (χ1) is 10.6. The van der Waals surface area contributed by atoms with Crippen LogP contribution in [0.3, 0.4) is 0 Å². The summed E-state index contributed by atoms with van der Waals surface area (Å²) in [6.07, 6.45) is 0. The van der Waals surface area contributed by atoms with Gasteiger partial charge in [0.2, 0.25) is 0 Å². The van der Waals surface area contributed by atoms with E-state index < -0.39 is 5.82 Å². The van der Waals surface area contributed by atoms with Crippen LogP contribution in [0.15, 0.2) is 24.3 Å². The molecule has 0 aliphatic carbocycles. The molecule has 1 saturated heterocycles. The zero-order chi connectivity index (χ0) is 16.1. The minimum absolute atomic E-state index is 0.0165. The van der Waals surface area contributed by atoms with E-state index in [4.69, 9.17) is 0 Å². The number of carbonyl (C=O) groups excluding carboxylic acids is 2. The van der Waals surface area contributed by atoms with E-state index in [2.05, 4.69) is 0 Å². The van der Waals surface area contributed by atoms with Gasteiger partial charge in [-0.3, -0.25) is 4.79 Å². The molecule has 0 N–H and O–H groups in total. The normalized spacial score (nSPS) is 14.9. The van der Waals surface area contributed by atoms with Gasteiger partial charge in [-0.05, 0) is 32.0 Å². The molecular formula is C16H22FN3O2. The molecule has 0 atom stereocenters. The molecular weight excluding hydrogens is 285 g/mol. The lowest BCUT2D eigenvalue weighted by Gasteiger charge is -2.37. The van der Waals surface area contributed by atoms with Gasteiger partial charge in [0, 0.05) is 44.8 Å². The molecule has 1 fully saturated rings. The Bertz CT molecular complexity index is 538. The summed E-state index contributed by atoms with van der Waals surface area (Å²) in [5, 5.41) is 0. The Labute approximate surface area is 130 Å². The molecule has 5 nitrogen and oxygen atoms in total. The summed E-state index contributed by atoms with van der Waals surface area (Å²) in [4.78, 5) is 29.8. The van der Waals surface area contributed by atoms with Gasteiger partial charge in [-0.15, -0.1) is 0 Å². The monoisotopic (exact) mass is 307 g/mol. The molecule has 0 aromatic heterocycles. The lowest BCUT2D eigenvalue weighted by Crippen LogP contribution is -2.54. The van der Waals surface area contributed by atoms with Crippen molar-refractivity contribution in [3.05, 3.63) is 35.6 Å². The van der Waals surface area contributed by atoms with Crippen molar-refractivity contribution in [3.63, 3.8) is 0 Å². The smallest absolute Gasteiger partial charge is 0.320 e. The van der Waals surface area contributed by atoms with Gasteiger partial charge >= 0.3 is 6.03 Å². The number of halogens is 1. The number of amides is 3. The third-order valence-corrected chi connectivity index (χ3v) is 3.94. The summed E-state index contributed by atoms with van der Waals surface area (Å²) >= 11 is 0. The maximum absolute atomic E-state index is 13.2. The Morgan fingerprint density at radius 2 is 1.68 bits per heavy atom. The summed E-state index contributed by atoms with van der Waals surface area (Å²) in [6, 6.07) is 5.72. The van der Waals surface area contributed by atoms with E-state index in [9.17, 15) is 14.0 Å². The van der Waals surface area contributed by atoms with Crippen LogP contribution in [0.1, 0.15) is 24.2 Å². The lowest BCUT2D eigenvalue weighted by molar-refractivity contribution is 0.0641. The van der Waals surface area contributed by atoms with Crippen LogP contribution >= 0.6 is 0 Å². The molecule has 1 heterocycles. The maximum atomic E-state index is 13.2. The molecule has 120 valence electrons. The van der Waals surface area contributed by atoms with E-state index in [1.807, 2.05) is 13.8 Å². The summed E-state index contributed by atoms with van der Waals surface area (Å²) in [7, 11) is 0. The van der Waals surface area contributed by atoms with Gasteiger partial charge in [-0.2, -0.15) is 0 Å². The zero-order valence-electron chi connectivity index (χ0n) is 13.1. The topological polar surface area (TPSA) is 43.9 Å². The summed E-state index contributed by atoms with van der Waals surface area (Å²) in [5.41, 5.74) is 0.350. The van der Waals surface area contributed by atoms with Crippen molar-refractivity contribution in [2.24, 2.45) is 0 Å². The number of benzene rings is 1. The molecule has 3 amide bonds. The van der Waals surface area contributed by atoms with Crippen LogP contribution in [-0.4, -0.2) is 65.9 Å². The molecule has 0 bridgehead atoms. The van der Waals surface area contributed by atoms with Crippen molar-refractivity contribution < 1.29 is 14.0 Å². The van der Waals surface area contributed by atoms with E-state index >= 15 is 0 Å². The molecule has 1 aromatic carbocycles. The highest BCUT2D eigenvalue weighted by Crippen LogP contribution is 2.11. The van der Waals surface area contributed by atoms with Crippen LogP contribution in [0.4, 0.5) is 9.18 Å². The summed E-state index contributed by atoms with van der Waals surface area (Å²) < 4.78 is 13.2. The average molecular weight is 307 g/mol. The second-order valence-corrected chi connectivity index (χ2v) is 5.24. The SMILES string of the molecule is CCN(CC)C(=O)N1CCN(C(=O)c2cccc(F)c2)CC1. The van der Waals surface area contributed by atoms with Gasteiger partial charge in [0.15, 0.2) is 0 Å². The van der Waals surface area contributed by atoms with Gasteiger partial charge in [0.25, 0.3) is 5.91 Å². The van der Waals surface area contributed by atoms with Crippen molar-refractivity contribution in [2.45, 2.75) is 13.8 Å². The second kappa shape index (κ2) is 7.24. The molecule has 22 heavy (non-hydrogen) atoms. The van der Waals surface area contributed by atoms with Crippen LogP contribution in [0, 0.1) is 5.82 Å². The minimum Gasteiger partial charge on any atom is -0.335 e. The molecule has 6 heteroatoms. The van der Waals surface area contributed by atoms with Gasteiger partial charge in [0.1, 0.15) is 5.82 Å². The highest BCUT2D eigenvalue weighted by Gasteiger charge is 2.26. The molecule has 0 radical (unpaired) electrons. The summed E-state index contributed by atoms with van der Waals surface area (Å²) in [6.45, 7) is 7.23. The first kappa shape index (κ1) is 16.3. The van der Waals surface area contributed by atoms with Crippen LogP contribution in [0.25, 0.3) is 0 Å². The van der Waals surface area contributed by atoms with Crippen molar-refractivity contribution in [2.75, 3.05) is 39.3 Å². The molecule has 1 aliphatic rings. The number of urea groups is 1. The highest BCUT2D eigenvalue weighted by atomic mass is 19.1. The molecule has 1 aliphatic heterocycles. The molecule has 2 rings (SSSR count). The molecule has 0 spiro atoms. The fourth-order valence-corrected chi connectivity index (χ4v) is 2.60. The first-order valence-corrected chi connectivity index (χ1v) is 7.65. The Balaban J connectivity index is 1.94. The quantitative estimate of drug-likeness (QED) is 0.858. The first-order valence-electron chi connectivity index (χ1n) is 7.65. The van der Waals surface area contributed by atoms with Gasteiger partial charge in [-0.1, -0.05) is 6.07 Å². The average Bonchev–Trinajstić information content (AvgIpc) is 2.55. The van der Waals surface area contributed by atoms with Crippen LogP contribution in [-0.2, 0) is 0 Å². The van der Waals surface area contributed by atoms with Crippen molar-refractivity contribution >= 4 is 11.9 Å². The van der Waals surface area contributed by atoms with Gasteiger partial charge in [-0.25, -0.2) is 9.18 Å². The third kappa shape index (κ3) is 3.55. The van der Waals surface area contributed by atoms with E-state index in [0.717, 1.165) is 0 Å². The van der Waals surface area contributed by atoms with Crippen LogP contribution in [0.2, 0.25) is 0 Å². The highest BCUT2D eigenvalue weighted by molar-refractivity contribution is 5.94. The Hall–Kier alpha value is -2.11. The zero-order valence-corrected chi connectivity index (χ0v) is 13.1. The Morgan fingerprint density at radius 3 is 2.23 bits per heavy atom. The van der Waals surface area contributed by atoms with Crippen molar-refractivity contribution in [1.82, 2.24) is 14.7 Å². The lowest BCUT2D eigenvalue weighted by atomic mass is 10.2. The number of piperazine rings is 1. The molecule has 1 aromatic rings. The van der Waals surface area contributed by atoms with E-state index in [0.29, 0.717) is 44.8 Å². The number of hydrogen-bond acceptors (Lipinski definition) is 2. The van der Waals surface area contributed by atoms with Gasteiger partial charge in [0.05, 0.1) is 0 Å². The number of hydrogen-bond donors (Lipinski definition) is 0. The number of nitrogens with zero attached hydrogens (tertiary/aromatic N) is 3. The Morgan fingerprint density at radius 1 is 1.09 bits per heavy atom. The minimum atomic E-state index is -0.416. The predicted molar refractivity (Wildman–Crippen MR) is 82.2 cm³/mol. The number of rotatable bonds is 3. The van der Waals surface area contributed by atoms with Gasteiger partial charge < -0.3 is 14.7 Å². The Kier molecular flexibility index (Phi) is 5.35. The van der Waals surface area contributed by atoms with E-state index in [1.54, 1.807) is 20.8 Å². The largest absolute Gasteiger partial charge is 0.335 e. The molecule has 0 saturated carbocycles. The predicted octanol–water partition coefficient (Wildman–Crippen LogP) is 2.05. The summed E-state index contributed by atoms with van der Waals surface area (Å²) in [5.74, 6) is -0.601. The second-order valence-electron chi connectivity index (χ2n) is 5.24. The standard InChI is InChI=1S/C16H22FN3O2/c1-3-18(4-2)16(22)20-10-8-19(9-11-20)15(21)13-6-5-7-14(17)12-13/h5-7,12H,3-4,8-11H2,1-2H3. The third-order valence-electron chi connectivity index (χ3n) is 3.94. The van der Waals surface area contributed by atoms with E-state index in [-0.39, 0.29) is 11.9 Å². The molecule has 0 unspecified atom stereocenters. The van der Waals surface area contributed by atoms with E-state index in [1.165, 1.54) is 18.2 Å². The fraction of sp³-hybridized carbons (Fsp3) is 0.500. The van der Waals surface area contributed by atoms with Crippen molar-refractivity contribution in [1.29, 1.82) is 0 Å². The maximum Gasteiger partial charge on any atom is 0.320 e.